The minimum Gasteiger partial charge on any atom is -0.463 e. The zero-order valence-corrected chi connectivity index (χ0v) is 13.5. The topological polar surface area (TPSA) is 71.3 Å². The van der Waals surface area contributed by atoms with Gasteiger partial charge in [-0.1, -0.05) is 0 Å². The highest BCUT2D eigenvalue weighted by Crippen LogP contribution is 2.23. The molecule has 6 heteroatoms. The Bertz CT molecular complexity index is 629. The lowest BCUT2D eigenvalue weighted by Gasteiger charge is -2.32. The van der Waals surface area contributed by atoms with Crippen molar-refractivity contribution in [2.75, 3.05) is 18.0 Å². The van der Waals surface area contributed by atoms with E-state index in [4.69, 9.17) is 4.42 Å². The van der Waals surface area contributed by atoms with Crippen molar-refractivity contribution < 1.29 is 9.21 Å². The lowest BCUT2D eigenvalue weighted by molar-refractivity contribution is -0.126. The number of hydrogen-bond donors (Lipinski definition) is 1. The van der Waals surface area contributed by atoms with Crippen molar-refractivity contribution in [3.8, 4) is 11.5 Å². The van der Waals surface area contributed by atoms with Crippen LogP contribution < -0.4 is 10.2 Å². The number of amides is 1. The first-order chi connectivity index (χ1) is 11.1. The van der Waals surface area contributed by atoms with E-state index < -0.39 is 0 Å². The standard InChI is InChI=1S/C17H22N4O2/c1-12(2)18-17(22)13-7-9-21(10-8-13)16-6-5-14(19-20-16)15-4-3-11-23-15/h3-6,11-13H,7-10H2,1-2H3,(H,18,22). The van der Waals surface area contributed by atoms with Gasteiger partial charge in [-0.25, -0.2) is 0 Å². The molecule has 0 aromatic carbocycles. The van der Waals surface area contributed by atoms with Crippen molar-refractivity contribution in [1.82, 2.24) is 15.5 Å². The predicted octanol–water partition coefficient (Wildman–Crippen LogP) is 2.48. The minimum absolute atomic E-state index is 0.101. The Morgan fingerprint density at radius 3 is 2.61 bits per heavy atom. The van der Waals surface area contributed by atoms with Crippen LogP contribution in [0.25, 0.3) is 11.5 Å². The summed E-state index contributed by atoms with van der Waals surface area (Å²) >= 11 is 0. The van der Waals surface area contributed by atoms with Gasteiger partial charge in [0.05, 0.1) is 6.26 Å². The van der Waals surface area contributed by atoms with Crippen LogP contribution in [0.1, 0.15) is 26.7 Å². The molecule has 1 saturated heterocycles. The number of anilines is 1. The van der Waals surface area contributed by atoms with Crippen molar-refractivity contribution in [1.29, 1.82) is 0 Å². The summed E-state index contributed by atoms with van der Waals surface area (Å²) in [6.45, 7) is 5.63. The highest BCUT2D eigenvalue weighted by atomic mass is 16.3. The molecule has 2 aromatic heterocycles. The molecular formula is C17H22N4O2. The van der Waals surface area contributed by atoms with Crippen LogP contribution in [0.15, 0.2) is 34.9 Å². The van der Waals surface area contributed by atoms with Crippen LogP contribution >= 0.6 is 0 Å². The van der Waals surface area contributed by atoms with E-state index in [-0.39, 0.29) is 17.9 Å². The molecule has 0 bridgehead atoms. The van der Waals surface area contributed by atoms with Gasteiger partial charge in [0, 0.05) is 25.0 Å². The van der Waals surface area contributed by atoms with E-state index in [9.17, 15) is 4.79 Å². The Balaban J connectivity index is 1.58. The summed E-state index contributed by atoms with van der Waals surface area (Å²) in [6.07, 6.45) is 3.32. The number of nitrogens with zero attached hydrogens (tertiary/aromatic N) is 3. The second kappa shape index (κ2) is 6.81. The summed E-state index contributed by atoms with van der Waals surface area (Å²) in [4.78, 5) is 14.2. The Hall–Kier alpha value is -2.37. The third kappa shape index (κ3) is 3.70. The smallest absolute Gasteiger partial charge is 0.223 e. The lowest BCUT2D eigenvalue weighted by Crippen LogP contribution is -2.42. The second-order valence-electron chi connectivity index (χ2n) is 6.18. The van der Waals surface area contributed by atoms with Gasteiger partial charge in [0.25, 0.3) is 0 Å². The summed E-state index contributed by atoms with van der Waals surface area (Å²) in [5, 5.41) is 11.5. The van der Waals surface area contributed by atoms with E-state index in [0.717, 1.165) is 37.4 Å². The van der Waals surface area contributed by atoms with Crippen molar-refractivity contribution in [3.05, 3.63) is 30.5 Å². The Kier molecular flexibility index (Phi) is 4.60. The molecule has 1 aliphatic heterocycles. The molecule has 3 rings (SSSR count). The molecule has 0 radical (unpaired) electrons. The van der Waals surface area contributed by atoms with Gasteiger partial charge in [-0.15, -0.1) is 10.2 Å². The van der Waals surface area contributed by atoms with Gasteiger partial charge in [0.2, 0.25) is 5.91 Å². The first-order valence-corrected chi connectivity index (χ1v) is 8.06. The maximum atomic E-state index is 12.1. The van der Waals surface area contributed by atoms with Crippen molar-refractivity contribution >= 4 is 11.7 Å². The van der Waals surface area contributed by atoms with Crippen LogP contribution in [-0.4, -0.2) is 35.2 Å². The first-order valence-electron chi connectivity index (χ1n) is 8.06. The van der Waals surface area contributed by atoms with Gasteiger partial charge in [-0.3, -0.25) is 4.79 Å². The molecule has 1 aliphatic rings. The van der Waals surface area contributed by atoms with Gasteiger partial charge in [-0.05, 0) is 51.0 Å². The summed E-state index contributed by atoms with van der Waals surface area (Å²) in [7, 11) is 0. The highest BCUT2D eigenvalue weighted by molar-refractivity contribution is 5.79. The fourth-order valence-electron chi connectivity index (χ4n) is 2.82. The maximum absolute atomic E-state index is 12.1. The quantitative estimate of drug-likeness (QED) is 0.938. The van der Waals surface area contributed by atoms with Crippen molar-refractivity contribution in [3.63, 3.8) is 0 Å². The summed E-state index contributed by atoms with van der Waals surface area (Å²) < 4.78 is 5.32. The van der Waals surface area contributed by atoms with Crippen molar-refractivity contribution in [2.45, 2.75) is 32.7 Å². The SMILES string of the molecule is CC(C)NC(=O)C1CCN(c2ccc(-c3ccco3)nn2)CC1. The molecular weight excluding hydrogens is 292 g/mol. The van der Waals surface area contributed by atoms with Gasteiger partial charge < -0.3 is 14.6 Å². The molecule has 1 N–H and O–H groups in total. The van der Waals surface area contributed by atoms with Gasteiger partial charge in [-0.2, -0.15) is 0 Å². The van der Waals surface area contributed by atoms with E-state index in [1.807, 2.05) is 38.1 Å². The van der Waals surface area contributed by atoms with Crippen molar-refractivity contribution in [2.24, 2.45) is 5.92 Å². The molecule has 23 heavy (non-hydrogen) atoms. The molecule has 0 aliphatic carbocycles. The van der Waals surface area contributed by atoms with E-state index in [1.54, 1.807) is 6.26 Å². The number of carbonyl (C=O) groups excluding carboxylic acids is 1. The molecule has 2 aromatic rings. The molecule has 0 spiro atoms. The number of aromatic nitrogens is 2. The van der Waals surface area contributed by atoms with Crippen LogP contribution in [0.5, 0.6) is 0 Å². The second-order valence-corrected chi connectivity index (χ2v) is 6.18. The average Bonchev–Trinajstić information content (AvgIpc) is 3.09. The largest absolute Gasteiger partial charge is 0.463 e. The van der Waals surface area contributed by atoms with Crippen LogP contribution in [0.2, 0.25) is 0 Å². The molecule has 1 amide bonds. The number of hydrogen-bond acceptors (Lipinski definition) is 5. The maximum Gasteiger partial charge on any atom is 0.223 e. The zero-order valence-electron chi connectivity index (χ0n) is 13.5. The first kappa shape index (κ1) is 15.5. The number of nitrogens with one attached hydrogen (secondary N) is 1. The third-order valence-electron chi connectivity index (χ3n) is 4.04. The fourth-order valence-corrected chi connectivity index (χ4v) is 2.82. The molecule has 1 fully saturated rings. The van der Waals surface area contributed by atoms with Crippen LogP contribution in [-0.2, 0) is 4.79 Å². The number of piperidine rings is 1. The lowest BCUT2D eigenvalue weighted by atomic mass is 9.95. The van der Waals surface area contributed by atoms with Crippen LogP contribution in [0.4, 0.5) is 5.82 Å². The van der Waals surface area contributed by atoms with E-state index >= 15 is 0 Å². The Morgan fingerprint density at radius 2 is 2.04 bits per heavy atom. The van der Waals surface area contributed by atoms with E-state index in [0.29, 0.717) is 5.76 Å². The predicted molar refractivity (Wildman–Crippen MR) is 87.9 cm³/mol. The summed E-state index contributed by atoms with van der Waals surface area (Å²) in [6, 6.07) is 7.76. The molecule has 122 valence electrons. The summed E-state index contributed by atoms with van der Waals surface area (Å²) in [5.74, 6) is 1.83. The molecule has 3 heterocycles. The third-order valence-corrected chi connectivity index (χ3v) is 4.04. The van der Waals surface area contributed by atoms with Crippen LogP contribution in [0.3, 0.4) is 0 Å². The van der Waals surface area contributed by atoms with E-state index in [1.165, 1.54) is 0 Å². The van der Waals surface area contributed by atoms with Gasteiger partial charge in [0.1, 0.15) is 5.69 Å². The molecule has 0 atom stereocenters. The Morgan fingerprint density at radius 1 is 1.26 bits per heavy atom. The van der Waals surface area contributed by atoms with Gasteiger partial charge in [0.15, 0.2) is 11.6 Å². The molecule has 6 nitrogen and oxygen atoms in total. The average molecular weight is 314 g/mol. The number of furan rings is 1. The normalized spacial score (nSPS) is 15.9. The van der Waals surface area contributed by atoms with Gasteiger partial charge >= 0.3 is 0 Å². The summed E-state index contributed by atoms with van der Waals surface area (Å²) in [5.41, 5.74) is 0.727. The minimum atomic E-state index is 0.101. The molecule has 0 saturated carbocycles. The van der Waals surface area contributed by atoms with Crippen LogP contribution in [0, 0.1) is 5.92 Å². The van der Waals surface area contributed by atoms with E-state index in [2.05, 4.69) is 20.4 Å². The highest BCUT2D eigenvalue weighted by Gasteiger charge is 2.26. The number of carbonyl (C=O) groups is 1. The fraction of sp³-hybridized carbons (Fsp3) is 0.471. The number of rotatable bonds is 4. The zero-order chi connectivity index (χ0) is 16.2. The molecule has 0 unspecified atom stereocenters. The Labute approximate surface area is 135 Å². The monoisotopic (exact) mass is 314 g/mol.